The summed E-state index contributed by atoms with van der Waals surface area (Å²) in [5.74, 6) is 0.743. The fourth-order valence-corrected chi connectivity index (χ4v) is 2.56. The van der Waals surface area contributed by atoms with Crippen LogP contribution in [-0.4, -0.2) is 35.4 Å². The number of carbonyl (C=O) groups excluding carboxylic acids is 1. The number of nitrogens with two attached hydrogens (primary N) is 1. The van der Waals surface area contributed by atoms with E-state index in [9.17, 15) is 4.79 Å². The normalized spacial score (nSPS) is 10.6. The Morgan fingerprint density at radius 1 is 1.60 bits per heavy atom. The van der Waals surface area contributed by atoms with Crippen LogP contribution in [0.25, 0.3) is 0 Å². The molecule has 0 radical (unpaired) electrons. The summed E-state index contributed by atoms with van der Waals surface area (Å²) in [4.78, 5) is 18.9. The first-order valence-electron chi connectivity index (χ1n) is 6.89. The highest BCUT2D eigenvalue weighted by Crippen LogP contribution is 2.26. The van der Waals surface area contributed by atoms with Gasteiger partial charge in [-0.2, -0.15) is 0 Å². The van der Waals surface area contributed by atoms with Crippen LogP contribution in [0.4, 0.5) is 10.9 Å². The summed E-state index contributed by atoms with van der Waals surface area (Å²) in [7, 11) is 0. The van der Waals surface area contributed by atoms with Crippen molar-refractivity contribution in [3.05, 3.63) is 17.5 Å². The molecule has 3 N–H and O–H groups in total. The second-order valence-corrected chi connectivity index (χ2v) is 6.05. The highest BCUT2D eigenvalue weighted by molar-refractivity contribution is 7.18. The van der Waals surface area contributed by atoms with Crippen LogP contribution in [0, 0.1) is 5.92 Å². The molecule has 0 fully saturated rings. The van der Waals surface area contributed by atoms with Crippen molar-refractivity contribution in [1.29, 1.82) is 0 Å². The summed E-state index contributed by atoms with van der Waals surface area (Å²) in [5, 5.41) is 3.90. The Hall–Kier alpha value is -1.56. The number of thiazole rings is 1. The Kier molecular flexibility index (Phi) is 6.51. The molecule has 0 atom stereocenters. The van der Waals surface area contributed by atoms with Crippen LogP contribution in [0.15, 0.2) is 12.7 Å². The SMILES string of the molecule is C=CCN(CCC)C(=O)c1sc(NCC(C)C)nc1N. The van der Waals surface area contributed by atoms with Gasteiger partial charge in [0.2, 0.25) is 0 Å². The van der Waals surface area contributed by atoms with Crippen LogP contribution in [-0.2, 0) is 0 Å². The Morgan fingerprint density at radius 2 is 2.30 bits per heavy atom. The number of hydrogen-bond donors (Lipinski definition) is 2. The molecule has 0 aliphatic heterocycles. The van der Waals surface area contributed by atoms with Crippen molar-refractivity contribution >= 4 is 28.2 Å². The molecule has 0 aliphatic carbocycles. The topological polar surface area (TPSA) is 71.2 Å². The van der Waals surface area contributed by atoms with E-state index in [1.54, 1.807) is 11.0 Å². The largest absolute Gasteiger partial charge is 0.382 e. The minimum absolute atomic E-state index is 0.0700. The zero-order valence-corrected chi connectivity index (χ0v) is 13.3. The quantitative estimate of drug-likeness (QED) is 0.724. The van der Waals surface area contributed by atoms with Crippen molar-refractivity contribution in [3.8, 4) is 0 Å². The summed E-state index contributed by atoms with van der Waals surface area (Å²) in [6.45, 7) is 12.0. The Bertz CT molecular complexity index is 456. The highest BCUT2D eigenvalue weighted by Gasteiger charge is 2.21. The molecule has 1 amide bonds. The summed E-state index contributed by atoms with van der Waals surface area (Å²) < 4.78 is 0. The van der Waals surface area contributed by atoms with Crippen LogP contribution < -0.4 is 11.1 Å². The van der Waals surface area contributed by atoms with Crippen LogP contribution in [0.3, 0.4) is 0 Å². The molecule has 20 heavy (non-hydrogen) atoms. The molecule has 1 aromatic heterocycles. The summed E-state index contributed by atoms with van der Waals surface area (Å²) >= 11 is 1.32. The van der Waals surface area contributed by atoms with Gasteiger partial charge in [-0.1, -0.05) is 38.2 Å². The van der Waals surface area contributed by atoms with Gasteiger partial charge in [0.1, 0.15) is 10.7 Å². The van der Waals surface area contributed by atoms with Crippen molar-refractivity contribution in [2.45, 2.75) is 27.2 Å². The minimum Gasteiger partial charge on any atom is -0.382 e. The lowest BCUT2D eigenvalue weighted by atomic mass is 10.2. The van der Waals surface area contributed by atoms with Crippen LogP contribution in [0.1, 0.15) is 36.9 Å². The van der Waals surface area contributed by atoms with Gasteiger partial charge in [-0.15, -0.1) is 6.58 Å². The van der Waals surface area contributed by atoms with Crippen LogP contribution in [0.2, 0.25) is 0 Å². The third-order valence-corrected chi connectivity index (χ3v) is 3.66. The lowest BCUT2D eigenvalue weighted by Crippen LogP contribution is -2.31. The van der Waals surface area contributed by atoms with Gasteiger partial charge in [0.25, 0.3) is 5.91 Å². The van der Waals surface area contributed by atoms with Crippen molar-refractivity contribution in [1.82, 2.24) is 9.88 Å². The maximum atomic E-state index is 12.4. The zero-order chi connectivity index (χ0) is 15.1. The van der Waals surface area contributed by atoms with Gasteiger partial charge in [0.05, 0.1) is 0 Å². The molecule has 0 bridgehead atoms. The first kappa shape index (κ1) is 16.5. The van der Waals surface area contributed by atoms with E-state index in [1.165, 1.54) is 11.3 Å². The van der Waals surface area contributed by atoms with Gasteiger partial charge in [0.15, 0.2) is 5.13 Å². The number of nitrogen functional groups attached to an aromatic ring is 1. The molecular weight excluding hydrogens is 272 g/mol. The Labute approximate surface area is 124 Å². The molecule has 1 rings (SSSR count). The second kappa shape index (κ2) is 7.89. The van der Waals surface area contributed by atoms with Crippen molar-refractivity contribution in [3.63, 3.8) is 0 Å². The first-order chi connectivity index (χ1) is 9.49. The maximum Gasteiger partial charge on any atom is 0.268 e. The molecule has 0 unspecified atom stereocenters. The average molecular weight is 296 g/mol. The third kappa shape index (κ3) is 4.52. The molecular formula is C14H24N4OS. The van der Waals surface area contributed by atoms with Gasteiger partial charge in [-0.3, -0.25) is 4.79 Å². The van der Waals surface area contributed by atoms with Gasteiger partial charge in [-0.25, -0.2) is 4.98 Å². The van der Waals surface area contributed by atoms with E-state index in [4.69, 9.17) is 5.73 Å². The fourth-order valence-electron chi connectivity index (χ4n) is 1.70. The van der Waals surface area contributed by atoms with E-state index in [0.717, 1.165) is 13.0 Å². The van der Waals surface area contributed by atoms with Crippen molar-refractivity contribution < 1.29 is 4.79 Å². The number of aromatic nitrogens is 1. The predicted octanol–water partition coefficient (Wildman–Crippen LogP) is 2.83. The number of anilines is 2. The number of carbonyl (C=O) groups is 1. The third-order valence-electron chi connectivity index (χ3n) is 2.64. The number of nitrogens with zero attached hydrogens (tertiary/aromatic N) is 2. The fraction of sp³-hybridized carbons (Fsp3) is 0.571. The lowest BCUT2D eigenvalue weighted by molar-refractivity contribution is 0.0779. The average Bonchev–Trinajstić information content (AvgIpc) is 2.76. The molecule has 1 aromatic rings. The van der Waals surface area contributed by atoms with Crippen LogP contribution in [0.5, 0.6) is 0 Å². The van der Waals surface area contributed by atoms with Gasteiger partial charge >= 0.3 is 0 Å². The molecule has 5 nitrogen and oxygen atoms in total. The van der Waals surface area contributed by atoms with Crippen molar-refractivity contribution in [2.24, 2.45) is 5.92 Å². The Morgan fingerprint density at radius 3 is 2.85 bits per heavy atom. The van der Waals surface area contributed by atoms with Gasteiger partial charge < -0.3 is 16.0 Å². The molecule has 0 aliphatic rings. The summed E-state index contributed by atoms with van der Waals surface area (Å²) in [6, 6.07) is 0. The predicted molar refractivity (Wildman–Crippen MR) is 86.2 cm³/mol. The van der Waals surface area contributed by atoms with E-state index in [2.05, 4.69) is 30.7 Å². The van der Waals surface area contributed by atoms with Gasteiger partial charge in [0, 0.05) is 19.6 Å². The zero-order valence-electron chi connectivity index (χ0n) is 12.5. The molecule has 112 valence electrons. The van der Waals surface area contributed by atoms with E-state index >= 15 is 0 Å². The van der Waals surface area contributed by atoms with E-state index in [-0.39, 0.29) is 5.91 Å². The molecule has 0 spiro atoms. The Balaban J connectivity index is 2.83. The maximum absolute atomic E-state index is 12.4. The monoisotopic (exact) mass is 296 g/mol. The smallest absolute Gasteiger partial charge is 0.268 e. The lowest BCUT2D eigenvalue weighted by Gasteiger charge is -2.19. The minimum atomic E-state index is -0.0700. The first-order valence-corrected chi connectivity index (χ1v) is 7.71. The highest BCUT2D eigenvalue weighted by atomic mass is 32.1. The summed E-state index contributed by atoms with van der Waals surface area (Å²) in [5.41, 5.74) is 5.86. The van der Waals surface area contributed by atoms with E-state index in [1.807, 2.05) is 6.92 Å². The van der Waals surface area contributed by atoms with Crippen molar-refractivity contribution in [2.75, 3.05) is 30.7 Å². The molecule has 0 aromatic carbocycles. The van der Waals surface area contributed by atoms with Crippen LogP contribution >= 0.6 is 11.3 Å². The number of rotatable bonds is 8. The molecule has 0 saturated carbocycles. The summed E-state index contributed by atoms with van der Waals surface area (Å²) in [6.07, 6.45) is 2.62. The van der Waals surface area contributed by atoms with E-state index in [0.29, 0.717) is 34.8 Å². The number of hydrogen-bond acceptors (Lipinski definition) is 5. The number of amides is 1. The van der Waals surface area contributed by atoms with E-state index < -0.39 is 0 Å². The molecule has 0 saturated heterocycles. The standard InChI is InChI=1S/C14H24N4OS/c1-5-7-18(8-6-2)13(19)11-12(15)17-14(20-11)16-9-10(3)4/h5,10H,1,6-9,15H2,2-4H3,(H,16,17). The second-order valence-electron chi connectivity index (χ2n) is 5.05. The molecule has 1 heterocycles. The van der Waals surface area contributed by atoms with Gasteiger partial charge in [-0.05, 0) is 12.3 Å². The number of nitrogens with one attached hydrogen (secondary N) is 1. The molecule has 6 heteroatoms.